The predicted molar refractivity (Wildman–Crippen MR) is 106 cm³/mol. The van der Waals surface area contributed by atoms with Crippen molar-refractivity contribution in [3.8, 4) is 11.5 Å². The molecule has 0 fully saturated rings. The Balaban J connectivity index is 1.83. The summed E-state index contributed by atoms with van der Waals surface area (Å²) in [5.41, 5.74) is 2.38. The van der Waals surface area contributed by atoms with Crippen molar-refractivity contribution in [1.29, 1.82) is 0 Å². The maximum atomic E-state index is 12.6. The van der Waals surface area contributed by atoms with Gasteiger partial charge in [0.05, 0.1) is 26.5 Å². The lowest BCUT2D eigenvalue weighted by Crippen LogP contribution is -2.26. The second-order valence-corrected chi connectivity index (χ2v) is 6.22. The number of amides is 1. The maximum Gasteiger partial charge on any atom is 0.276 e. The molecule has 1 aromatic heterocycles. The number of rotatable bonds is 6. The fraction of sp³-hybridized carbons (Fsp3) is 0.190. The first-order valence-corrected chi connectivity index (χ1v) is 8.67. The van der Waals surface area contributed by atoms with Crippen LogP contribution in [0.2, 0.25) is 0 Å². The van der Waals surface area contributed by atoms with Crippen molar-refractivity contribution in [2.75, 3.05) is 19.5 Å². The van der Waals surface area contributed by atoms with Crippen molar-refractivity contribution in [1.82, 2.24) is 9.78 Å². The number of aromatic nitrogens is 2. The summed E-state index contributed by atoms with van der Waals surface area (Å²) >= 11 is 0. The van der Waals surface area contributed by atoms with E-state index in [2.05, 4.69) is 10.4 Å². The molecule has 3 rings (SSSR count). The number of aryl methyl sites for hydroxylation is 1. The van der Waals surface area contributed by atoms with Crippen LogP contribution in [0.25, 0.3) is 0 Å². The average molecular weight is 379 g/mol. The molecule has 144 valence electrons. The van der Waals surface area contributed by atoms with E-state index in [1.54, 1.807) is 25.3 Å². The number of nitrogens with zero attached hydrogens (tertiary/aromatic N) is 2. The summed E-state index contributed by atoms with van der Waals surface area (Å²) in [6, 6.07) is 15.6. The predicted octanol–water partition coefficient (Wildman–Crippen LogP) is 2.87. The van der Waals surface area contributed by atoms with Crippen molar-refractivity contribution in [2.45, 2.75) is 13.5 Å². The van der Waals surface area contributed by atoms with Gasteiger partial charge in [0.2, 0.25) is 0 Å². The van der Waals surface area contributed by atoms with Crippen molar-refractivity contribution < 1.29 is 14.3 Å². The van der Waals surface area contributed by atoms with Crippen molar-refractivity contribution in [2.24, 2.45) is 0 Å². The molecule has 1 heterocycles. The van der Waals surface area contributed by atoms with Crippen LogP contribution in [-0.4, -0.2) is 29.9 Å². The Kier molecular flexibility index (Phi) is 5.74. The Morgan fingerprint density at radius 2 is 1.79 bits per heavy atom. The molecule has 0 aliphatic heterocycles. The molecule has 0 saturated heterocycles. The lowest BCUT2D eigenvalue weighted by Gasteiger charge is -2.12. The van der Waals surface area contributed by atoms with E-state index in [0.717, 1.165) is 11.1 Å². The van der Waals surface area contributed by atoms with Gasteiger partial charge in [0.1, 0.15) is 17.2 Å². The van der Waals surface area contributed by atoms with Gasteiger partial charge in [-0.15, -0.1) is 0 Å². The van der Waals surface area contributed by atoms with Crippen molar-refractivity contribution >= 4 is 11.6 Å². The van der Waals surface area contributed by atoms with E-state index in [0.29, 0.717) is 17.2 Å². The largest absolute Gasteiger partial charge is 0.497 e. The third kappa shape index (κ3) is 4.37. The summed E-state index contributed by atoms with van der Waals surface area (Å²) < 4.78 is 11.7. The Labute approximate surface area is 162 Å². The van der Waals surface area contributed by atoms with Gasteiger partial charge in [-0.2, -0.15) is 5.10 Å². The van der Waals surface area contributed by atoms with Gasteiger partial charge in [-0.3, -0.25) is 9.59 Å². The molecule has 0 aliphatic rings. The van der Waals surface area contributed by atoms with Crippen LogP contribution in [0.5, 0.6) is 11.5 Å². The average Bonchev–Trinajstić information content (AvgIpc) is 2.71. The summed E-state index contributed by atoms with van der Waals surface area (Å²) in [5.74, 6) is 0.626. The highest BCUT2D eigenvalue weighted by molar-refractivity contribution is 6.03. The number of nitrogens with one attached hydrogen (secondary N) is 1. The third-order valence-corrected chi connectivity index (χ3v) is 4.21. The van der Waals surface area contributed by atoms with Crippen LogP contribution in [0.1, 0.15) is 21.6 Å². The van der Waals surface area contributed by atoms with Gasteiger partial charge in [-0.1, -0.05) is 29.8 Å². The SMILES string of the molecule is COc1ccc(NC(=O)c2ccc(=O)n(Cc3ccc(C)cc3)n2)c(OC)c1. The summed E-state index contributed by atoms with van der Waals surface area (Å²) in [5, 5.41) is 6.95. The molecule has 1 N–H and O–H groups in total. The van der Waals surface area contributed by atoms with E-state index in [4.69, 9.17) is 9.47 Å². The molecule has 28 heavy (non-hydrogen) atoms. The number of hydrogen-bond acceptors (Lipinski definition) is 5. The van der Waals surface area contributed by atoms with Crippen LogP contribution in [0.15, 0.2) is 59.4 Å². The molecule has 7 nitrogen and oxygen atoms in total. The molecule has 0 atom stereocenters. The zero-order valence-electron chi connectivity index (χ0n) is 15.9. The molecule has 0 unspecified atom stereocenters. The molecule has 0 radical (unpaired) electrons. The number of carbonyl (C=O) groups is 1. The fourth-order valence-corrected chi connectivity index (χ4v) is 2.64. The summed E-state index contributed by atoms with van der Waals surface area (Å²) in [7, 11) is 3.05. The smallest absolute Gasteiger partial charge is 0.276 e. The zero-order chi connectivity index (χ0) is 20.1. The number of methoxy groups -OCH3 is 2. The number of ether oxygens (including phenoxy) is 2. The number of anilines is 1. The van der Waals surface area contributed by atoms with E-state index in [9.17, 15) is 9.59 Å². The van der Waals surface area contributed by atoms with E-state index in [-0.39, 0.29) is 17.8 Å². The molecular formula is C21H21N3O4. The molecule has 2 aromatic carbocycles. The van der Waals surface area contributed by atoms with Gasteiger partial charge in [0, 0.05) is 12.1 Å². The van der Waals surface area contributed by atoms with E-state index in [1.165, 1.54) is 23.9 Å². The molecule has 1 amide bonds. The van der Waals surface area contributed by atoms with Gasteiger partial charge >= 0.3 is 0 Å². The van der Waals surface area contributed by atoms with Crippen LogP contribution in [0, 0.1) is 6.92 Å². The minimum Gasteiger partial charge on any atom is -0.497 e. The first kappa shape index (κ1) is 19.2. The van der Waals surface area contributed by atoms with Crippen LogP contribution < -0.4 is 20.3 Å². The maximum absolute atomic E-state index is 12.6. The summed E-state index contributed by atoms with van der Waals surface area (Å²) in [6.07, 6.45) is 0. The van der Waals surface area contributed by atoms with Crippen LogP contribution in [0.3, 0.4) is 0 Å². The lowest BCUT2D eigenvalue weighted by atomic mass is 10.1. The molecule has 7 heteroatoms. The molecule has 0 bridgehead atoms. The highest BCUT2D eigenvalue weighted by Gasteiger charge is 2.13. The Bertz CT molecular complexity index is 1040. The minimum absolute atomic E-state index is 0.129. The first-order chi connectivity index (χ1) is 13.5. The van der Waals surface area contributed by atoms with Gasteiger partial charge in [0.15, 0.2) is 0 Å². The summed E-state index contributed by atoms with van der Waals surface area (Å²) in [6.45, 7) is 2.28. The van der Waals surface area contributed by atoms with E-state index >= 15 is 0 Å². The van der Waals surface area contributed by atoms with Gasteiger partial charge in [0.25, 0.3) is 11.5 Å². The molecule has 0 saturated carbocycles. The highest BCUT2D eigenvalue weighted by atomic mass is 16.5. The normalized spacial score (nSPS) is 10.4. The van der Waals surface area contributed by atoms with Crippen LogP contribution >= 0.6 is 0 Å². The van der Waals surface area contributed by atoms with Gasteiger partial charge in [-0.05, 0) is 30.7 Å². The van der Waals surface area contributed by atoms with Crippen molar-refractivity contribution in [3.63, 3.8) is 0 Å². The van der Waals surface area contributed by atoms with E-state index in [1.807, 2.05) is 31.2 Å². The summed E-state index contributed by atoms with van der Waals surface area (Å²) in [4.78, 5) is 24.8. The highest BCUT2D eigenvalue weighted by Crippen LogP contribution is 2.29. The Morgan fingerprint density at radius 1 is 1.04 bits per heavy atom. The lowest BCUT2D eigenvalue weighted by molar-refractivity contribution is 0.101. The number of hydrogen-bond donors (Lipinski definition) is 1. The molecule has 0 aliphatic carbocycles. The molecule has 0 spiro atoms. The van der Waals surface area contributed by atoms with Crippen LogP contribution in [-0.2, 0) is 6.54 Å². The standard InChI is InChI=1S/C21H21N3O4/c1-14-4-6-15(7-5-14)13-24-20(25)11-10-18(23-24)21(26)22-17-9-8-16(27-2)12-19(17)28-3/h4-12H,13H2,1-3H3,(H,22,26). The van der Waals surface area contributed by atoms with Gasteiger partial charge in [-0.25, -0.2) is 4.68 Å². The fourth-order valence-electron chi connectivity index (χ4n) is 2.64. The van der Waals surface area contributed by atoms with E-state index < -0.39 is 5.91 Å². The van der Waals surface area contributed by atoms with Crippen LogP contribution in [0.4, 0.5) is 5.69 Å². The number of carbonyl (C=O) groups excluding carboxylic acids is 1. The molecule has 3 aromatic rings. The monoisotopic (exact) mass is 379 g/mol. The second-order valence-electron chi connectivity index (χ2n) is 6.22. The topological polar surface area (TPSA) is 82.5 Å². The quantitative estimate of drug-likeness (QED) is 0.712. The Hall–Kier alpha value is -3.61. The van der Waals surface area contributed by atoms with Crippen molar-refractivity contribution in [3.05, 3.63) is 81.8 Å². The zero-order valence-corrected chi connectivity index (χ0v) is 15.9. The number of benzene rings is 2. The minimum atomic E-state index is -0.443. The third-order valence-electron chi connectivity index (χ3n) is 4.21. The second kappa shape index (κ2) is 8.39. The first-order valence-electron chi connectivity index (χ1n) is 8.67. The molecular weight excluding hydrogens is 358 g/mol. The Morgan fingerprint density at radius 3 is 2.46 bits per heavy atom. The van der Waals surface area contributed by atoms with Gasteiger partial charge < -0.3 is 14.8 Å².